The maximum absolute atomic E-state index is 9.58. The summed E-state index contributed by atoms with van der Waals surface area (Å²) in [6.45, 7) is 1.08. The number of benzene rings is 2. The number of para-hydroxylation sites is 1. The van der Waals surface area contributed by atoms with E-state index in [0.29, 0.717) is 13.1 Å². The van der Waals surface area contributed by atoms with Crippen LogP contribution in [0.4, 0.5) is 0 Å². The summed E-state index contributed by atoms with van der Waals surface area (Å²) in [6.07, 6.45) is 0. The minimum Gasteiger partial charge on any atom is -0.508 e. The van der Waals surface area contributed by atoms with Gasteiger partial charge in [-0.2, -0.15) is 0 Å². The lowest BCUT2D eigenvalue weighted by molar-refractivity contribution is 0.403. The summed E-state index contributed by atoms with van der Waals surface area (Å²) in [7, 11) is 0. The molecular weight excluding hydrogens is 230 g/mol. The zero-order chi connectivity index (χ0) is 13.0. The van der Waals surface area contributed by atoms with Crippen molar-refractivity contribution in [1.29, 1.82) is 0 Å². The normalized spacial score (nSPS) is 10.4. The first-order chi connectivity index (χ1) is 8.66. The van der Waals surface area contributed by atoms with Crippen molar-refractivity contribution in [1.82, 2.24) is 5.32 Å². The van der Waals surface area contributed by atoms with Crippen molar-refractivity contribution in [3.63, 3.8) is 0 Å². The van der Waals surface area contributed by atoms with E-state index in [-0.39, 0.29) is 17.2 Å². The number of phenolic OH excluding ortho intramolecular Hbond substituents is 3. The van der Waals surface area contributed by atoms with Crippen LogP contribution in [0.5, 0.6) is 17.2 Å². The van der Waals surface area contributed by atoms with Gasteiger partial charge in [0.25, 0.3) is 0 Å². The number of rotatable bonds is 4. The highest BCUT2D eigenvalue weighted by Gasteiger charge is 2.02. The van der Waals surface area contributed by atoms with Crippen molar-refractivity contribution in [2.24, 2.45) is 0 Å². The van der Waals surface area contributed by atoms with Gasteiger partial charge in [-0.05, 0) is 23.8 Å². The van der Waals surface area contributed by atoms with Gasteiger partial charge in [-0.3, -0.25) is 0 Å². The van der Waals surface area contributed by atoms with E-state index < -0.39 is 0 Å². The zero-order valence-electron chi connectivity index (χ0n) is 9.80. The summed E-state index contributed by atoms with van der Waals surface area (Å²) in [4.78, 5) is 0. The molecule has 0 aromatic heterocycles. The van der Waals surface area contributed by atoms with Gasteiger partial charge < -0.3 is 20.6 Å². The molecule has 0 aliphatic rings. The molecule has 0 radical (unpaired) electrons. The van der Waals surface area contributed by atoms with Gasteiger partial charge >= 0.3 is 0 Å². The molecule has 18 heavy (non-hydrogen) atoms. The second-order valence-electron chi connectivity index (χ2n) is 4.06. The predicted molar refractivity (Wildman–Crippen MR) is 68.4 cm³/mol. The average molecular weight is 245 g/mol. The lowest BCUT2D eigenvalue weighted by Gasteiger charge is -2.07. The molecule has 0 heterocycles. The number of aromatic hydroxyl groups is 3. The largest absolute Gasteiger partial charge is 0.508 e. The summed E-state index contributed by atoms with van der Waals surface area (Å²) < 4.78 is 0. The van der Waals surface area contributed by atoms with Crippen molar-refractivity contribution in [3.8, 4) is 17.2 Å². The van der Waals surface area contributed by atoms with Crippen LogP contribution in [0.3, 0.4) is 0 Å². The van der Waals surface area contributed by atoms with Gasteiger partial charge in [0.05, 0.1) is 0 Å². The Bertz CT molecular complexity index is 540. The fraction of sp³-hybridized carbons (Fsp3) is 0.143. The van der Waals surface area contributed by atoms with Crippen LogP contribution in [0.1, 0.15) is 11.1 Å². The highest BCUT2D eigenvalue weighted by molar-refractivity contribution is 5.40. The second kappa shape index (κ2) is 5.42. The van der Waals surface area contributed by atoms with Crippen molar-refractivity contribution < 1.29 is 15.3 Å². The SMILES string of the molecule is Oc1ccc(CNCc2ccccc2O)cc1O. The molecule has 0 bridgehead atoms. The molecular formula is C14H15NO3. The van der Waals surface area contributed by atoms with E-state index in [1.54, 1.807) is 18.2 Å². The van der Waals surface area contributed by atoms with Crippen LogP contribution < -0.4 is 5.32 Å². The Morgan fingerprint density at radius 3 is 2.28 bits per heavy atom. The predicted octanol–water partition coefficient (Wildman–Crippen LogP) is 2.09. The Balaban J connectivity index is 1.92. The first-order valence-electron chi connectivity index (χ1n) is 5.65. The number of hydrogen-bond acceptors (Lipinski definition) is 4. The molecule has 0 saturated carbocycles. The highest BCUT2D eigenvalue weighted by Crippen LogP contribution is 2.24. The summed E-state index contributed by atoms with van der Waals surface area (Å²) in [5, 5.41) is 31.3. The Labute approximate surface area is 105 Å². The van der Waals surface area contributed by atoms with Gasteiger partial charge in [-0.15, -0.1) is 0 Å². The van der Waals surface area contributed by atoms with Gasteiger partial charge in [-0.1, -0.05) is 24.3 Å². The van der Waals surface area contributed by atoms with Crippen LogP contribution in [-0.2, 0) is 13.1 Å². The first-order valence-corrected chi connectivity index (χ1v) is 5.65. The van der Waals surface area contributed by atoms with Crippen LogP contribution >= 0.6 is 0 Å². The molecule has 4 nitrogen and oxygen atoms in total. The van der Waals surface area contributed by atoms with E-state index in [0.717, 1.165) is 11.1 Å². The van der Waals surface area contributed by atoms with Crippen molar-refractivity contribution in [2.75, 3.05) is 0 Å². The van der Waals surface area contributed by atoms with Crippen LogP contribution in [0.15, 0.2) is 42.5 Å². The molecule has 94 valence electrons. The molecule has 0 unspecified atom stereocenters. The molecule has 0 saturated heterocycles. The first kappa shape index (κ1) is 12.3. The second-order valence-corrected chi connectivity index (χ2v) is 4.06. The van der Waals surface area contributed by atoms with Gasteiger partial charge in [0.2, 0.25) is 0 Å². The van der Waals surface area contributed by atoms with Gasteiger partial charge in [0.1, 0.15) is 5.75 Å². The fourth-order valence-electron chi connectivity index (χ4n) is 1.68. The Kier molecular flexibility index (Phi) is 3.69. The maximum atomic E-state index is 9.58. The molecule has 0 spiro atoms. The molecule has 2 aromatic rings. The average Bonchev–Trinajstić information content (AvgIpc) is 2.36. The molecule has 0 aliphatic carbocycles. The fourth-order valence-corrected chi connectivity index (χ4v) is 1.68. The third-order valence-electron chi connectivity index (χ3n) is 2.68. The monoisotopic (exact) mass is 245 g/mol. The molecule has 2 aromatic carbocycles. The van der Waals surface area contributed by atoms with Crippen molar-refractivity contribution in [2.45, 2.75) is 13.1 Å². The molecule has 4 heteroatoms. The lowest BCUT2D eigenvalue weighted by atomic mass is 10.1. The molecule has 0 aliphatic heterocycles. The van der Waals surface area contributed by atoms with Crippen LogP contribution in [-0.4, -0.2) is 15.3 Å². The smallest absolute Gasteiger partial charge is 0.157 e. The van der Waals surface area contributed by atoms with Gasteiger partial charge in [0, 0.05) is 18.7 Å². The maximum Gasteiger partial charge on any atom is 0.157 e. The molecule has 0 atom stereocenters. The van der Waals surface area contributed by atoms with Crippen molar-refractivity contribution >= 4 is 0 Å². The van der Waals surface area contributed by atoms with Crippen LogP contribution in [0, 0.1) is 0 Å². The summed E-state index contributed by atoms with van der Waals surface area (Å²) >= 11 is 0. The third kappa shape index (κ3) is 2.93. The molecule has 2 rings (SSSR count). The summed E-state index contributed by atoms with van der Waals surface area (Å²) in [5.41, 5.74) is 1.68. The lowest BCUT2D eigenvalue weighted by Crippen LogP contribution is -2.12. The molecule has 4 N–H and O–H groups in total. The van der Waals surface area contributed by atoms with Crippen LogP contribution in [0.2, 0.25) is 0 Å². The van der Waals surface area contributed by atoms with Gasteiger partial charge in [0.15, 0.2) is 11.5 Å². The highest BCUT2D eigenvalue weighted by atomic mass is 16.3. The minimum atomic E-state index is -0.128. The third-order valence-corrected chi connectivity index (χ3v) is 2.68. The van der Waals surface area contributed by atoms with E-state index in [2.05, 4.69) is 5.32 Å². The van der Waals surface area contributed by atoms with E-state index in [9.17, 15) is 15.3 Å². The van der Waals surface area contributed by atoms with E-state index in [4.69, 9.17) is 0 Å². The Hall–Kier alpha value is -2.20. The van der Waals surface area contributed by atoms with E-state index >= 15 is 0 Å². The van der Waals surface area contributed by atoms with Gasteiger partial charge in [-0.25, -0.2) is 0 Å². The number of nitrogens with one attached hydrogen (secondary N) is 1. The Morgan fingerprint density at radius 2 is 1.56 bits per heavy atom. The van der Waals surface area contributed by atoms with Crippen LogP contribution in [0.25, 0.3) is 0 Å². The summed E-state index contributed by atoms with van der Waals surface area (Å²) in [6, 6.07) is 11.8. The number of phenols is 3. The Morgan fingerprint density at radius 1 is 0.778 bits per heavy atom. The van der Waals surface area contributed by atoms with Crippen molar-refractivity contribution in [3.05, 3.63) is 53.6 Å². The molecule has 0 fully saturated rings. The minimum absolute atomic E-state index is 0.126. The van der Waals surface area contributed by atoms with E-state index in [1.165, 1.54) is 12.1 Å². The molecule has 0 amide bonds. The van der Waals surface area contributed by atoms with E-state index in [1.807, 2.05) is 12.1 Å². The quantitative estimate of drug-likeness (QED) is 0.622. The summed E-state index contributed by atoms with van der Waals surface area (Å²) in [5.74, 6) is 0.00913. The standard InChI is InChI=1S/C14H15NO3/c16-12-4-2-1-3-11(12)9-15-8-10-5-6-13(17)14(18)7-10/h1-7,15-18H,8-9H2. The topological polar surface area (TPSA) is 72.7 Å². The number of hydrogen-bond donors (Lipinski definition) is 4. The zero-order valence-corrected chi connectivity index (χ0v) is 9.80.